The van der Waals surface area contributed by atoms with Gasteiger partial charge in [-0.25, -0.2) is 4.79 Å². The normalized spacial score (nSPS) is 28.8. The van der Waals surface area contributed by atoms with Crippen molar-refractivity contribution in [3.63, 3.8) is 0 Å². The van der Waals surface area contributed by atoms with Crippen LogP contribution < -0.4 is 5.32 Å². The number of ether oxygens (including phenoxy) is 1. The number of amides is 1. The minimum Gasteiger partial charge on any atom is -0.453 e. The molecule has 2 fully saturated rings. The number of nitrogens with one attached hydrogen (secondary N) is 1. The molecular weight excluding hydrogens is 168 g/mol. The second-order valence-electron chi connectivity index (χ2n) is 3.85. The molecule has 0 aromatic heterocycles. The molecule has 1 amide bonds. The summed E-state index contributed by atoms with van der Waals surface area (Å²) in [6, 6.07) is 1.11. The fraction of sp³-hybridized carbons (Fsp3) is 0.889. The molecule has 1 aliphatic heterocycles. The van der Waals surface area contributed by atoms with Crippen molar-refractivity contribution in [1.82, 2.24) is 10.2 Å². The molecule has 1 unspecified atom stereocenters. The van der Waals surface area contributed by atoms with E-state index in [1.165, 1.54) is 20.0 Å². The number of rotatable bonds is 2. The summed E-state index contributed by atoms with van der Waals surface area (Å²) in [5, 5.41) is 2.84. The quantitative estimate of drug-likeness (QED) is 0.682. The molecule has 0 aromatic carbocycles. The molecule has 2 rings (SSSR count). The Kier molecular flexibility index (Phi) is 2.40. The van der Waals surface area contributed by atoms with Crippen molar-refractivity contribution in [1.29, 1.82) is 0 Å². The Labute approximate surface area is 78.2 Å². The summed E-state index contributed by atoms with van der Waals surface area (Å²) >= 11 is 0. The molecule has 13 heavy (non-hydrogen) atoms. The molecular formula is C9H16N2O2. The van der Waals surface area contributed by atoms with Gasteiger partial charge in [0.1, 0.15) is 0 Å². The van der Waals surface area contributed by atoms with Gasteiger partial charge in [-0.2, -0.15) is 0 Å². The average Bonchev–Trinajstić information content (AvgIpc) is 2.88. The Balaban J connectivity index is 1.74. The van der Waals surface area contributed by atoms with E-state index in [2.05, 4.69) is 15.0 Å². The van der Waals surface area contributed by atoms with Gasteiger partial charge >= 0.3 is 6.09 Å². The fourth-order valence-electron chi connectivity index (χ4n) is 1.90. The zero-order valence-electron chi connectivity index (χ0n) is 7.95. The van der Waals surface area contributed by atoms with Gasteiger partial charge in [0.2, 0.25) is 0 Å². The van der Waals surface area contributed by atoms with E-state index in [0.29, 0.717) is 6.04 Å². The second kappa shape index (κ2) is 3.54. The molecule has 2 aliphatic rings. The number of hydrogen-bond acceptors (Lipinski definition) is 3. The highest BCUT2D eigenvalue weighted by Gasteiger charge is 2.34. The summed E-state index contributed by atoms with van der Waals surface area (Å²) in [5.41, 5.74) is 0. The van der Waals surface area contributed by atoms with Gasteiger partial charge in [0.05, 0.1) is 7.11 Å². The largest absolute Gasteiger partial charge is 0.453 e. The number of carbonyl (C=O) groups excluding carboxylic acids is 1. The molecule has 1 saturated carbocycles. The fourth-order valence-corrected chi connectivity index (χ4v) is 1.90. The maximum absolute atomic E-state index is 10.9. The average molecular weight is 184 g/mol. The van der Waals surface area contributed by atoms with Crippen LogP contribution in [0, 0.1) is 0 Å². The van der Waals surface area contributed by atoms with Crippen LogP contribution in [0.3, 0.4) is 0 Å². The van der Waals surface area contributed by atoms with Crippen molar-refractivity contribution in [3.05, 3.63) is 0 Å². The molecule has 0 aromatic rings. The Bertz CT molecular complexity index is 204. The highest BCUT2D eigenvalue weighted by molar-refractivity contribution is 5.67. The van der Waals surface area contributed by atoms with Crippen LogP contribution in [0.15, 0.2) is 0 Å². The summed E-state index contributed by atoms with van der Waals surface area (Å²) < 4.78 is 4.55. The van der Waals surface area contributed by atoms with Crippen molar-refractivity contribution in [2.24, 2.45) is 0 Å². The molecule has 1 atom stereocenters. The third kappa shape index (κ3) is 2.12. The Morgan fingerprint density at radius 2 is 2.23 bits per heavy atom. The Morgan fingerprint density at radius 3 is 2.85 bits per heavy atom. The SMILES string of the molecule is COC(=O)NC1CCN(C2CC2)C1. The van der Waals surface area contributed by atoms with Gasteiger partial charge in [-0.3, -0.25) is 4.90 Å². The van der Waals surface area contributed by atoms with Crippen molar-refractivity contribution in [3.8, 4) is 0 Å². The molecule has 4 heteroatoms. The van der Waals surface area contributed by atoms with Crippen LogP contribution in [0.2, 0.25) is 0 Å². The first kappa shape index (κ1) is 8.81. The van der Waals surface area contributed by atoms with Crippen molar-refractivity contribution >= 4 is 6.09 Å². The van der Waals surface area contributed by atoms with E-state index in [9.17, 15) is 4.79 Å². The van der Waals surface area contributed by atoms with Gasteiger partial charge in [0.15, 0.2) is 0 Å². The molecule has 0 spiro atoms. The van der Waals surface area contributed by atoms with Gasteiger partial charge in [-0.05, 0) is 19.3 Å². The van der Waals surface area contributed by atoms with Crippen LogP contribution in [-0.2, 0) is 4.74 Å². The highest BCUT2D eigenvalue weighted by Crippen LogP contribution is 2.29. The van der Waals surface area contributed by atoms with E-state index in [1.807, 2.05) is 0 Å². The molecule has 1 aliphatic carbocycles. The van der Waals surface area contributed by atoms with Crippen LogP contribution >= 0.6 is 0 Å². The molecule has 0 radical (unpaired) electrons. The van der Waals surface area contributed by atoms with Crippen molar-refractivity contribution < 1.29 is 9.53 Å². The molecule has 1 N–H and O–H groups in total. The maximum Gasteiger partial charge on any atom is 0.407 e. The third-order valence-corrected chi connectivity index (χ3v) is 2.79. The molecule has 0 bridgehead atoms. The lowest BCUT2D eigenvalue weighted by Gasteiger charge is -2.14. The third-order valence-electron chi connectivity index (χ3n) is 2.79. The van der Waals surface area contributed by atoms with Crippen molar-refractivity contribution in [2.75, 3.05) is 20.2 Å². The summed E-state index contributed by atoms with van der Waals surface area (Å²) in [7, 11) is 1.41. The standard InChI is InChI=1S/C9H16N2O2/c1-13-9(12)10-7-4-5-11(6-7)8-2-3-8/h7-8H,2-6H2,1H3,(H,10,12). The van der Waals surface area contributed by atoms with Crippen LogP contribution in [0.5, 0.6) is 0 Å². The monoisotopic (exact) mass is 184 g/mol. The van der Waals surface area contributed by atoms with E-state index in [0.717, 1.165) is 25.6 Å². The van der Waals surface area contributed by atoms with Crippen LogP contribution in [-0.4, -0.2) is 43.3 Å². The van der Waals surface area contributed by atoms with Crippen LogP contribution in [0.25, 0.3) is 0 Å². The van der Waals surface area contributed by atoms with E-state index in [-0.39, 0.29) is 6.09 Å². The summed E-state index contributed by atoms with van der Waals surface area (Å²) in [6.45, 7) is 2.12. The first-order valence-corrected chi connectivity index (χ1v) is 4.88. The van der Waals surface area contributed by atoms with E-state index in [1.54, 1.807) is 0 Å². The zero-order chi connectivity index (χ0) is 9.26. The van der Waals surface area contributed by atoms with Crippen LogP contribution in [0.1, 0.15) is 19.3 Å². The molecule has 1 saturated heterocycles. The lowest BCUT2D eigenvalue weighted by atomic mass is 10.3. The number of methoxy groups -OCH3 is 1. The Morgan fingerprint density at radius 1 is 1.46 bits per heavy atom. The van der Waals surface area contributed by atoms with Gasteiger partial charge in [-0.15, -0.1) is 0 Å². The lowest BCUT2D eigenvalue weighted by Crippen LogP contribution is -2.37. The maximum atomic E-state index is 10.9. The second-order valence-corrected chi connectivity index (χ2v) is 3.85. The van der Waals surface area contributed by atoms with Crippen molar-refractivity contribution in [2.45, 2.75) is 31.3 Å². The number of nitrogens with zero attached hydrogens (tertiary/aromatic N) is 1. The predicted molar refractivity (Wildman–Crippen MR) is 48.5 cm³/mol. The van der Waals surface area contributed by atoms with E-state index >= 15 is 0 Å². The highest BCUT2D eigenvalue weighted by atomic mass is 16.5. The number of alkyl carbamates (subject to hydrolysis) is 1. The minimum absolute atomic E-state index is 0.299. The van der Waals surface area contributed by atoms with Gasteiger partial charge in [0, 0.05) is 25.2 Å². The van der Waals surface area contributed by atoms with E-state index in [4.69, 9.17) is 0 Å². The van der Waals surface area contributed by atoms with E-state index < -0.39 is 0 Å². The predicted octanol–water partition coefficient (Wildman–Crippen LogP) is 0.579. The lowest BCUT2D eigenvalue weighted by molar-refractivity contribution is 0.166. The zero-order valence-corrected chi connectivity index (χ0v) is 7.95. The number of hydrogen-bond donors (Lipinski definition) is 1. The van der Waals surface area contributed by atoms with Gasteiger partial charge < -0.3 is 10.1 Å². The first-order valence-electron chi connectivity index (χ1n) is 4.88. The summed E-state index contributed by atoms with van der Waals surface area (Å²) in [5.74, 6) is 0. The Hall–Kier alpha value is -0.770. The molecule has 1 heterocycles. The summed E-state index contributed by atoms with van der Waals surface area (Å²) in [4.78, 5) is 13.4. The van der Waals surface area contributed by atoms with Crippen LogP contribution in [0.4, 0.5) is 4.79 Å². The van der Waals surface area contributed by atoms with Gasteiger partial charge in [0.25, 0.3) is 0 Å². The number of likely N-dealkylation sites (tertiary alicyclic amines) is 1. The smallest absolute Gasteiger partial charge is 0.407 e. The first-order chi connectivity index (χ1) is 6.29. The summed E-state index contributed by atoms with van der Waals surface area (Å²) in [6.07, 6.45) is 3.43. The minimum atomic E-state index is -0.303. The molecule has 74 valence electrons. The number of carbonyl (C=O) groups is 1. The topological polar surface area (TPSA) is 41.6 Å². The molecule has 4 nitrogen and oxygen atoms in total. The van der Waals surface area contributed by atoms with Gasteiger partial charge in [-0.1, -0.05) is 0 Å².